The molecule has 0 saturated heterocycles. The van der Waals surface area contributed by atoms with E-state index in [1.165, 1.54) is 0 Å². The van der Waals surface area contributed by atoms with Gasteiger partial charge in [0.2, 0.25) is 0 Å². The third-order valence-corrected chi connectivity index (χ3v) is 2.43. The van der Waals surface area contributed by atoms with E-state index in [9.17, 15) is 0 Å². The number of hydrogen-bond donors (Lipinski definition) is 0. The predicted octanol–water partition coefficient (Wildman–Crippen LogP) is 4.19. The van der Waals surface area contributed by atoms with Gasteiger partial charge in [0.05, 0.1) is 0 Å². The van der Waals surface area contributed by atoms with Crippen LogP contribution >= 0.6 is 0 Å². The van der Waals surface area contributed by atoms with Crippen LogP contribution in [0, 0.1) is 5.41 Å². The molecule has 0 unspecified atom stereocenters. The third kappa shape index (κ3) is 4.50. The first-order chi connectivity index (χ1) is 8.48. The highest BCUT2D eigenvalue weighted by molar-refractivity contribution is 5.53. The smallest absolute Gasteiger partial charge is 0.183 e. The Labute approximate surface area is 110 Å². The molecule has 0 N–H and O–H groups in total. The van der Waals surface area contributed by atoms with Crippen LogP contribution in [0.3, 0.4) is 0 Å². The maximum absolute atomic E-state index is 5.29. The summed E-state index contributed by atoms with van der Waals surface area (Å²) < 4.78 is 10.6. The zero-order valence-electron chi connectivity index (χ0n) is 11.9. The highest BCUT2D eigenvalue weighted by Crippen LogP contribution is 2.22. The molecule has 1 rings (SSSR count). The summed E-state index contributed by atoms with van der Waals surface area (Å²) in [6, 6.07) is 8.01. The van der Waals surface area contributed by atoms with Crippen molar-refractivity contribution in [1.29, 1.82) is 0 Å². The quantitative estimate of drug-likeness (QED) is 0.585. The van der Waals surface area contributed by atoms with Crippen LogP contribution in [-0.4, -0.2) is 14.2 Å². The molecular weight excluding hydrogens is 224 g/mol. The molecule has 18 heavy (non-hydrogen) atoms. The Kier molecular flexibility index (Phi) is 5.36. The average Bonchev–Trinajstić information content (AvgIpc) is 2.31. The summed E-state index contributed by atoms with van der Waals surface area (Å²) >= 11 is 0. The van der Waals surface area contributed by atoms with Crippen LogP contribution in [0.5, 0.6) is 0 Å². The topological polar surface area (TPSA) is 18.5 Å². The van der Waals surface area contributed by atoms with E-state index in [-0.39, 0.29) is 11.7 Å². The second-order valence-electron chi connectivity index (χ2n) is 5.25. The third-order valence-electron chi connectivity index (χ3n) is 2.43. The molecule has 0 bridgehead atoms. The number of benzene rings is 1. The van der Waals surface area contributed by atoms with Crippen LogP contribution in [0.1, 0.15) is 38.2 Å². The Morgan fingerprint density at radius 2 is 1.72 bits per heavy atom. The maximum Gasteiger partial charge on any atom is 0.183 e. The molecule has 2 nitrogen and oxygen atoms in total. The van der Waals surface area contributed by atoms with Crippen molar-refractivity contribution in [2.24, 2.45) is 5.41 Å². The minimum Gasteiger partial charge on any atom is -0.352 e. The molecule has 1 aromatic rings. The number of methoxy groups -OCH3 is 2. The van der Waals surface area contributed by atoms with E-state index >= 15 is 0 Å². The Bertz CT molecular complexity index is 431. The van der Waals surface area contributed by atoms with Gasteiger partial charge < -0.3 is 9.47 Å². The van der Waals surface area contributed by atoms with E-state index in [0.717, 1.165) is 11.1 Å². The molecule has 0 saturated carbocycles. The number of hydrogen-bond acceptors (Lipinski definition) is 2. The Morgan fingerprint density at radius 1 is 1.11 bits per heavy atom. The van der Waals surface area contributed by atoms with E-state index in [0.29, 0.717) is 0 Å². The summed E-state index contributed by atoms with van der Waals surface area (Å²) in [4.78, 5) is 0. The molecule has 0 amide bonds. The fourth-order valence-corrected chi connectivity index (χ4v) is 1.59. The van der Waals surface area contributed by atoms with Crippen LogP contribution in [-0.2, 0) is 9.47 Å². The molecule has 0 aliphatic rings. The highest BCUT2D eigenvalue weighted by atomic mass is 16.7. The van der Waals surface area contributed by atoms with Gasteiger partial charge in [0.15, 0.2) is 6.29 Å². The second-order valence-corrected chi connectivity index (χ2v) is 5.25. The lowest BCUT2D eigenvalue weighted by molar-refractivity contribution is -0.106. The molecule has 0 aromatic heterocycles. The van der Waals surface area contributed by atoms with Crippen LogP contribution < -0.4 is 0 Å². The van der Waals surface area contributed by atoms with Gasteiger partial charge in [-0.1, -0.05) is 45.0 Å². The first-order valence-electron chi connectivity index (χ1n) is 6.06. The van der Waals surface area contributed by atoms with Crippen molar-refractivity contribution in [3.63, 3.8) is 0 Å². The lowest BCUT2D eigenvalue weighted by atomic mass is 9.97. The van der Waals surface area contributed by atoms with Gasteiger partial charge in [-0.25, -0.2) is 0 Å². The van der Waals surface area contributed by atoms with Gasteiger partial charge in [-0.15, -0.1) is 5.73 Å². The minimum atomic E-state index is -0.339. The normalized spacial score (nSPS) is 11.2. The van der Waals surface area contributed by atoms with Crippen molar-refractivity contribution in [2.75, 3.05) is 14.2 Å². The van der Waals surface area contributed by atoms with Crippen molar-refractivity contribution in [3.05, 3.63) is 47.2 Å². The largest absolute Gasteiger partial charge is 0.352 e. The zero-order chi connectivity index (χ0) is 13.6. The van der Waals surface area contributed by atoms with Gasteiger partial charge in [0, 0.05) is 19.8 Å². The van der Waals surface area contributed by atoms with Crippen molar-refractivity contribution in [3.8, 4) is 0 Å². The Hall–Kier alpha value is -1.34. The lowest BCUT2D eigenvalue weighted by Crippen LogP contribution is -2.05. The first-order valence-corrected chi connectivity index (χ1v) is 6.06. The highest BCUT2D eigenvalue weighted by Gasteiger charge is 2.11. The molecule has 0 spiro atoms. The van der Waals surface area contributed by atoms with E-state index < -0.39 is 0 Å². The Balaban J connectivity index is 3.06. The van der Waals surface area contributed by atoms with Crippen molar-refractivity contribution in [1.82, 2.24) is 0 Å². The van der Waals surface area contributed by atoms with E-state index in [1.54, 1.807) is 14.2 Å². The molecular formula is C16H22O2. The number of ether oxygens (including phenoxy) is 2. The van der Waals surface area contributed by atoms with Crippen molar-refractivity contribution in [2.45, 2.75) is 27.1 Å². The van der Waals surface area contributed by atoms with Gasteiger partial charge in [0.1, 0.15) is 0 Å². The van der Waals surface area contributed by atoms with Crippen LogP contribution in [0.4, 0.5) is 0 Å². The summed E-state index contributed by atoms with van der Waals surface area (Å²) in [6.07, 6.45) is 3.68. The maximum atomic E-state index is 5.29. The van der Waals surface area contributed by atoms with Crippen molar-refractivity contribution < 1.29 is 9.47 Å². The van der Waals surface area contributed by atoms with Gasteiger partial charge in [-0.05, 0) is 23.1 Å². The van der Waals surface area contributed by atoms with Gasteiger partial charge >= 0.3 is 0 Å². The minimum absolute atomic E-state index is 0.132. The van der Waals surface area contributed by atoms with E-state index in [1.807, 2.05) is 30.3 Å². The van der Waals surface area contributed by atoms with E-state index in [2.05, 4.69) is 32.6 Å². The van der Waals surface area contributed by atoms with Crippen LogP contribution in [0.25, 0.3) is 6.08 Å². The lowest BCUT2D eigenvalue weighted by Gasteiger charge is -2.15. The van der Waals surface area contributed by atoms with Gasteiger partial charge in [0.25, 0.3) is 0 Å². The van der Waals surface area contributed by atoms with Crippen LogP contribution in [0.2, 0.25) is 0 Å². The van der Waals surface area contributed by atoms with Crippen molar-refractivity contribution >= 4 is 6.08 Å². The second kappa shape index (κ2) is 6.55. The molecule has 2 heteroatoms. The summed E-state index contributed by atoms with van der Waals surface area (Å²) in [5.74, 6) is 0. The SMILES string of the molecule is COC(OC)c1ccccc1C=C=CC(C)(C)C. The molecule has 0 fully saturated rings. The number of rotatable bonds is 4. The molecule has 98 valence electrons. The standard InChI is InChI=1S/C16H22O2/c1-16(2,3)12-8-10-13-9-6-7-11-14(13)15(17-4)18-5/h6-7,9-12,15H,1-5H3. The first kappa shape index (κ1) is 14.7. The fraction of sp³-hybridized carbons (Fsp3) is 0.438. The predicted molar refractivity (Wildman–Crippen MR) is 75.2 cm³/mol. The zero-order valence-corrected chi connectivity index (χ0v) is 11.9. The summed E-state index contributed by atoms with van der Waals surface area (Å²) in [5.41, 5.74) is 5.43. The summed E-state index contributed by atoms with van der Waals surface area (Å²) in [5, 5.41) is 0. The molecule has 0 atom stereocenters. The average molecular weight is 246 g/mol. The van der Waals surface area contributed by atoms with E-state index in [4.69, 9.17) is 9.47 Å². The molecule has 1 aromatic carbocycles. The monoisotopic (exact) mass is 246 g/mol. The Morgan fingerprint density at radius 3 is 2.28 bits per heavy atom. The fourth-order valence-electron chi connectivity index (χ4n) is 1.59. The molecule has 0 aliphatic carbocycles. The molecule has 0 aliphatic heterocycles. The van der Waals surface area contributed by atoms with Crippen LogP contribution in [0.15, 0.2) is 36.1 Å². The number of allylic oxidation sites excluding steroid dienone is 1. The molecule has 0 radical (unpaired) electrons. The summed E-state index contributed by atoms with van der Waals surface area (Å²) in [7, 11) is 3.28. The molecule has 0 heterocycles. The van der Waals surface area contributed by atoms with Gasteiger partial charge in [-0.2, -0.15) is 0 Å². The van der Waals surface area contributed by atoms with Gasteiger partial charge in [-0.3, -0.25) is 0 Å². The summed E-state index contributed by atoms with van der Waals surface area (Å²) in [6.45, 7) is 6.44.